The molecule has 2 heterocycles. The van der Waals surface area contributed by atoms with Crippen molar-refractivity contribution in [2.45, 2.75) is 44.6 Å². The quantitative estimate of drug-likeness (QED) is 0.752. The highest BCUT2D eigenvalue weighted by Gasteiger charge is 2.50. The van der Waals surface area contributed by atoms with E-state index in [1.165, 1.54) is 11.1 Å². The van der Waals surface area contributed by atoms with Crippen LogP contribution in [0.15, 0.2) is 36.4 Å². The normalized spacial score (nSPS) is 21.9. The maximum atomic E-state index is 13.3. The van der Waals surface area contributed by atoms with Crippen molar-refractivity contribution in [2.24, 2.45) is 0 Å². The summed E-state index contributed by atoms with van der Waals surface area (Å²) in [6.07, 6.45) is 4.83. The van der Waals surface area contributed by atoms with Gasteiger partial charge < -0.3 is 15.0 Å². The summed E-state index contributed by atoms with van der Waals surface area (Å²) in [5.74, 6) is 0.0934. The van der Waals surface area contributed by atoms with E-state index < -0.39 is 11.6 Å². The zero-order chi connectivity index (χ0) is 22.5. The van der Waals surface area contributed by atoms with Crippen LogP contribution in [0.2, 0.25) is 0 Å². The lowest BCUT2D eigenvalue weighted by Gasteiger charge is -2.31. The molecule has 32 heavy (non-hydrogen) atoms. The fourth-order valence-corrected chi connectivity index (χ4v) is 5.10. The van der Waals surface area contributed by atoms with Gasteiger partial charge in [-0.2, -0.15) is 0 Å². The van der Waals surface area contributed by atoms with Crippen molar-refractivity contribution in [3.05, 3.63) is 58.7 Å². The first kappa shape index (κ1) is 20.5. The van der Waals surface area contributed by atoms with Crippen molar-refractivity contribution in [1.82, 2.24) is 10.2 Å². The molecule has 7 heteroatoms. The Bertz CT molecular complexity index is 1130. The second kappa shape index (κ2) is 7.65. The van der Waals surface area contributed by atoms with Crippen LogP contribution in [0.4, 0.5) is 10.5 Å². The number of fused-ring (bicyclic) bond motifs is 2. The molecule has 5 rings (SSSR count). The molecule has 0 radical (unpaired) electrons. The van der Waals surface area contributed by atoms with Crippen LogP contribution in [0.3, 0.4) is 0 Å². The van der Waals surface area contributed by atoms with E-state index in [0.717, 1.165) is 59.6 Å². The van der Waals surface area contributed by atoms with E-state index in [2.05, 4.69) is 11.4 Å². The number of imide groups is 1. The summed E-state index contributed by atoms with van der Waals surface area (Å²) in [5, 5.41) is 2.83. The van der Waals surface area contributed by atoms with Gasteiger partial charge in [-0.15, -0.1) is 0 Å². The Kier molecular flexibility index (Phi) is 4.92. The lowest BCUT2D eigenvalue weighted by atomic mass is 9.89. The Morgan fingerprint density at radius 1 is 1.03 bits per heavy atom. The fourth-order valence-electron chi connectivity index (χ4n) is 5.10. The van der Waals surface area contributed by atoms with Crippen molar-refractivity contribution in [1.29, 1.82) is 0 Å². The van der Waals surface area contributed by atoms with Gasteiger partial charge in [0.05, 0.1) is 7.11 Å². The molecule has 4 amide bonds. The number of nitrogens with zero attached hydrogens (tertiary/aromatic N) is 2. The number of anilines is 1. The molecule has 3 aliphatic rings. The summed E-state index contributed by atoms with van der Waals surface area (Å²) in [7, 11) is 1.61. The number of nitrogens with one attached hydrogen (secondary N) is 1. The molecule has 7 nitrogen and oxygen atoms in total. The molecule has 2 aromatic rings. The predicted octanol–water partition coefficient (Wildman–Crippen LogP) is 2.93. The number of hydrogen-bond acceptors (Lipinski definition) is 4. The van der Waals surface area contributed by atoms with Gasteiger partial charge >= 0.3 is 6.03 Å². The van der Waals surface area contributed by atoms with E-state index in [0.29, 0.717) is 6.54 Å². The van der Waals surface area contributed by atoms with Crippen LogP contribution >= 0.6 is 0 Å². The van der Waals surface area contributed by atoms with Crippen molar-refractivity contribution in [3.63, 3.8) is 0 Å². The largest absolute Gasteiger partial charge is 0.497 e. The van der Waals surface area contributed by atoms with Crippen LogP contribution in [-0.2, 0) is 34.4 Å². The monoisotopic (exact) mass is 433 g/mol. The number of amides is 4. The van der Waals surface area contributed by atoms with E-state index in [4.69, 9.17) is 4.74 Å². The van der Waals surface area contributed by atoms with Crippen molar-refractivity contribution < 1.29 is 19.1 Å². The van der Waals surface area contributed by atoms with Gasteiger partial charge in [0.25, 0.3) is 5.91 Å². The molecule has 0 saturated carbocycles. The highest BCUT2D eigenvalue weighted by molar-refractivity contribution is 6.10. The van der Waals surface area contributed by atoms with E-state index in [-0.39, 0.29) is 18.4 Å². The lowest BCUT2D eigenvalue weighted by molar-refractivity contribution is -0.134. The molecule has 1 N–H and O–H groups in total. The van der Waals surface area contributed by atoms with E-state index in [1.54, 1.807) is 18.9 Å². The predicted molar refractivity (Wildman–Crippen MR) is 120 cm³/mol. The summed E-state index contributed by atoms with van der Waals surface area (Å²) in [6.45, 7) is 2.00. The first-order chi connectivity index (χ1) is 15.4. The Hall–Kier alpha value is -3.35. The van der Waals surface area contributed by atoms with Crippen LogP contribution in [-0.4, -0.2) is 42.9 Å². The molecule has 2 aromatic carbocycles. The molecule has 1 atom stereocenters. The average molecular weight is 434 g/mol. The minimum Gasteiger partial charge on any atom is -0.497 e. The lowest BCUT2D eigenvalue weighted by Crippen LogP contribution is -2.46. The number of methoxy groups -OCH3 is 1. The number of ether oxygens (including phenoxy) is 1. The van der Waals surface area contributed by atoms with Crippen molar-refractivity contribution in [3.8, 4) is 5.75 Å². The topological polar surface area (TPSA) is 79.0 Å². The van der Waals surface area contributed by atoms with Crippen LogP contribution in [0.25, 0.3) is 0 Å². The summed E-state index contributed by atoms with van der Waals surface area (Å²) in [4.78, 5) is 42.0. The minimum atomic E-state index is -1.16. The van der Waals surface area contributed by atoms with Gasteiger partial charge in [0.15, 0.2) is 0 Å². The Labute approximate surface area is 187 Å². The number of urea groups is 1. The Morgan fingerprint density at radius 2 is 1.81 bits per heavy atom. The number of carbonyl (C=O) groups is 3. The molecule has 2 aliphatic heterocycles. The fraction of sp³-hybridized carbons (Fsp3) is 0.400. The molecule has 0 spiro atoms. The molecule has 0 unspecified atom stereocenters. The molecule has 166 valence electrons. The maximum Gasteiger partial charge on any atom is 0.325 e. The van der Waals surface area contributed by atoms with Crippen LogP contribution in [0, 0.1) is 0 Å². The standard InChI is InChI=1S/C25H27N3O4/c1-25(19-9-8-16-5-3-6-17(16)13-19)23(30)28(24(31)26-25)15-22(29)27-12-4-7-18-14-20(32-2)10-11-21(18)27/h8-11,13-14H,3-7,12,15H2,1-2H3,(H,26,31)/t25-/m1/s1. The second-order valence-corrected chi connectivity index (χ2v) is 8.93. The van der Waals surface area contributed by atoms with Gasteiger partial charge in [0, 0.05) is 12.2 Å². The number of aryl methyl sites for hydroxylation is 3. The van der Waals surface area contributed by atoms with Gasteiger partial charge in [0.1, 0.15) is 17.8 Å². The number of carbonyl (C=O) groups excluding carboxylic acids is 3. The maximum absolute atomic E-state index is 13.3. The number of rotatable bonds is 4. The summed E-state index contributed by atoms with van der Waals surface area (Å²) in [6, 6.07) is 11.1. The molecule has 1 aliphatic carbocycles. The SMILES string of the molecule is COc1ccc2c(c1)CCCN2C(=O)CN1C(=O)N[C@](C)(c2ccc3c(c2)CCC3)C1=O. The smallest absolute Gasteiger partial charge is 0.325 e. The van der Waals surface area contributed by atoms with Crippen LogP contribution in [0.5, 0.6) is 5.75 Å². The van der Waals surface area contributed by atoms with Crippen molar-refractivity contribution >= 4 is 23.5 Å². The van der Waals surface area contributed by atoms with Gasteiger partial charge in [-0.25, -0.2) is 4.79 Å². The average Bonchev–Trinajstić information content (AvgIpc) is 3.36. The Morgan fingerprint density at radius 3 is 2.62 bits per heavy atom. The minimum absolute atomic E-state index is 0.266. The molecule has 0 bridgehead atoms. The van der Waals surface area contributed by atoms with Gasteiger partial charge in [-0.1, -0.05) is 18.2 Å². The molecular formula is C25H27N3O4. The van der Waals surface area contributed by atoms with E-state index in [1.807, 2.05) is 30.3 Å². The number of benzene rings is 2. The third-order valence-corrected chi connectivity index (χ3v) is 6.95. The van der Waals surface area contributed by atoms with Crippen molar-refractivity contribution in [2.75, 3.05) is 25.1 Å². The third kappa shape index (κ3) is 3.23. The summed E-state index contributed by atoms with van der Waals surface area (Å²) >= 11 is 0. The molecule has 1 saturated heterocycles. The molecular weight excluding hydrogens is 406 g/mol. The van der Waals surface area contributed by atoms with E-state index >= 15 is 0 Å². The van der Waals surface area contributed by atoms with Gasteiger partial charge in [-0.05, 0) is 79.5 Å². The van der Waals surface area contributed by atoms with Gasteiger partial charge in [-0.3, -0.25) is 14.5 Å². The number of hydrogen-bond donors (Lipinski definition) is 1. The first-order valence-electron chi connectivity index (χ1n) is 11.1. The summed E-state index contributed by atoms with van der Waals surface area (Å²) < 4.78 is 5.30. The van der Waals surface area contributed by atoms with Gasteiger partial charge in [0.2, 0.25) is 5.91 Å². The third-order valence-electron chi connectivity index (χ3n) is 6.95. The molecule has 0 aromatic heterocycles. The zero-order valence-electron chi connectivity index (χ0n) is 18.4. The highest BCUT2D eigenvalue weighted by atomic mass is 16.5. The molecule has 1 fully saturated rings. The Balaban J connectivity index is 1.37. The zero-order valence-corrected chi connectivity index (χ0v) is 18.4. The summed E-state index contributed by atoms with van der Waals surface area (Å²) in [5.41, 5.74) is 3.99. The first-order valence-corrected chi connectivity index (χ1v) is 11.1. The highest BCUT2D eigenvalue weighted by Crippen LogP contribution is 2.34. The van der Waals surface area contributed by atoms with Crippen LogP contribution < -0.4 is 15.0 Å². The van der Waals surface area contributed by atoms with Crippen LogP contribution in [0.1, 0.15) is 42.0 Å². The van der Waals surface area contributed by atoms with E-state index in [9.17, 15) is 14.4 Å². The second-order valence-electron chi connectivity index (χ2n) is 8.93.